The SMILES string of the molecule is Cn1nc(Br)c(C(=O)OC(C)(C)C)n1. The van der Waals surface area contributed by atoms with Crippen LogP contribution in [0.2, 0.25) is 0 Å². The van der Waals surface area contributed by atoms with E-state index in [0.717, 1.165) is 0 Å². The van der Waals surface area contributed by atoms with E-state index in [4.69, 9.17) is 4.74 Å². The Balaban J connectivity index is 2.85. The van der Waals surface area contributed by atoms with Crippen LogP contribution < -0.4 is 0 Å². The molecule has 0 saturated carbocycles. The molecule has 0 aliphatic heterocycles. The Hall–Kier alpha value is -0.910. The molecule has 0 amide bonds. The lowest BCUT2D eigenvalue weighted by molar-refractivity contribution is 0.00610. The van der Waals surface area contributed by atoms with Crippen LogP contribution in [0, 0.1) is 0 Å². The fourth-order valence-electron chi connectivity index (χ4n) is 0.834. The topological polar surface area (TPSA) is 57.0 Å². The van der Waals surface area contributed by atoms with E-state index in [1.807, 2.05) is 0 Å². The molecule has 1 rings (SSSR count). The predicted molar refractivity (Wildman–Crippen MR) is 53.9 cm³/mol. The molecule has 0 N–H and O–H groups in total. The summed E-state index contributed by atoms with van der Waals surface area (Å²) in [4.78, 5) is 12.8. The van der Waals surface area contributed by atoms with Crippen LogP contribution in [0.1, 0.15) is 31.3 Å². The van der Waals surface area contributed by atoms with Gasteiger partial charge in [0.15, 0.2) is 4.60 Å². The fraction of sp³-hybridized carbons (Fsp3) is 0.625. The second-order valence-electron chi connectivity index (χ2n) is 3.83. The first-order valence-electron chi connectivity index (χ1n) is 4.10. The Morgan fingerprint density at radius 3 is 2.36 bits per heavy atom. The summed E-state index contributed by atoms with van der Waals surface area (Å²) in [6.45, 7) is 5.40. The molecule has 0 fully saturated rings. The minimum Gasteiger partial charge on any atom is -0.455 e. The van der Waals surface area contributed by atoms with E-state index < -0.39 is 11.6 Å². The standard InChI is InChI=1S/C8H12BrN3O2/c1-8(2,3)14-7(13)5-6(9)11-12(4)10-5/h1-4H3. The number of aromatic nitrogens is 3. The van der Waals surface area contributed by atoms with Gasteiger partial charge in [0.25, 0.3) is 0 Å². The summed E-state index contributed by atoms with van der Waals surface area (Å²) in [5.41, 5.74) is -0.323. The molecule has 0 bridgehead atoms. The van der Waals surface area contributed by atoms with Crippen molar-refractivity contribution in [2.45, 2.75) is 26.4 Å². The van der Waals surface area contributed by atoms with Gasteiger partial charge in [-0.2, -0.15) is 4.80 Å². The van der Waals surface area contributed by atoms with Crippen molar-refractivity contribution in [2.24, 2.45) is 7.05 Å². The molecule has 0 unspecified atom stereocenters. The number of hydrogen-bond acceptors (Lipinski definition) is 4. The maximum atomic E-state index is 11.5. The summed E-state index contributed by atoms with van der Waals surface area (Å²) in [6.07, 6.45) is 0. The van der Waals surface area contributed by atoms with Crippen molar-refractivity contribution in [3.63, 3.8) is 0 Å². The van der Waals surface area contributed by atoms with E-state index in [2.05, 4.69) is 26.1 Å². The average molecular weight is 262 g/mol. The summed E-state index contributed by atoms with van der Waals surface area (Å²) >= 11 is 3.13. The molecule has 5 nitrogen and oxygen atoms in total. The summed E-state index contributed by atoms with van der Waals surface area (Å²) in [7, 11) is 1.64. The minimum absolute atomic E-state index is 0.197. The van der Waals surface area contributed by atoms with Crippen molar-refractivity contribution in [2.75, 3.05) is 0 Å². The zero-order chi connectivity index (χ0) is 10.9. The minimum atomic E-state index is -0.520. The molecule has 78 valence electrons. The Bertz CT molecular complexity index is 354. The molecule has 0 saturated heterocycles. The number of ether oxygens (including phenoxy) is 1. The molecule has 0 aromatic carbocycles. The van der Waals surface area contributed by atoms with Crippen molar-refractivity contribution in [1.29, 1.82) is 0 Å². The third-order valence-electron chi connectivity index (χ3n) is 1.26. The monoisotopic (exact) mass is 261 g/mol. The second kappa shape index (κ2) is 3.68. The summed E-state index contributed by atoms with van der Waals surface area (Å²) in [5.74, 6) is -0.475. The van der Waals surface area contributed by atoms with E-state index in [9.17, 15) is 4.79 Å². The van der Waals surface area contributed by atoms with Crippen LogP contribution >= 0.6 is 15.9 Å². The van der Waals surface area contributed by atoms with Gasteiger partial charge in [-0.3, -0.25) is 0 Å². The molecular formula is C8H12BrN3O2. The highest BCUT2D eigenvalue weighted by atomic mass is 79.9. The Morgan fingerprint density at radius 1 is 1.43 bits per heavy atom. The third-order valence-corrected chi connectivity index (χ3v) is 1.80. The van der Waals surface area contributed by atoms with Crippen LogP contribution in [0.25, 0.3) is 0 Å². The summed E-state index contributed by atoms with van der Waals surface area (Å²) in [5, 5.41) is 7.76. The van der Waals surface area contributed by atoms with Crippen LogP contribution in [0.4, 0.5) is 0 Å². The first-order chi connectivity index (χ1) is 6.29. The Labute approximate surface area is 90.6 Å². The number of carbonyl (C=O) groups is 1. The second-order valence-corrected chi connectivity index (χ2v) is 4.58. The van der Waals surface area contributed by atoms with E-state index in [1.54, 1.807) is 27.8 Å². The largest absolute Gasteiger partial charge is 0.455 e. The molecule has 1 heterocycles. The van der Waals surface area contributed by atoms with Gasteiger partial charge in [0, 0.05) is 7.05 Å². The van der Waals surface area contributed by atoms with E-state index in [0.29, 0.717) is 4.60 Å². The molecule has 14 heavy (non-hydrogen) atoms. The normalized spacial score (nSPS) is 11.5. The van der Waals surface area contributed by atoms with Crippen molar-refractivity contribution >= 4 is 21.9 Å². The molecule has 1 aromatic rings. The Morgan fingerprint density at radius 2 is 2.00 bits per heavy atom. The zero-order valence-corrected chi connectivity index (χ0v) is 10.1. The van der Waals surface area contributed by atoms with Crippen LogP contribution in [-0.4, -0.2) is 26.6 Å². The lowest BCUT2D eigenvalue weighted by Gasteiger charge is -2.18. The predicted octanol–water partition coefficient (Wildman–Crippen LogP) is 1.53. The highest BCUT2D eigenvalue weighted by Gasteiger charge is 2.23. The van der Waals surface area contributed by atoms with E-state index >= 15 is 0 Å². The maximum absolute atomic E-state index is 11.5. The van der Waals surface area contributed by atoms with Crippen LogP contribution in [0.5, 0.6) is 0 Å². The number of carbonyl (C=O) groups excluding carboxylic acids is 1. The molecule has 0 aliphatic rings. The van der Waals surface area contributed by atoms with Gasteiger partial charge < -0.3 is 4.74 Å². The van der Waals surface area contributed by atoms with Crippen LogP contribution in [0.3, 0.4) is 0 Å². The molecular weight excluding hydrogens is 250 g/mol. The van der Waals surface area contributed by atoms with Gasteiger partial charge in [-0.1, -0.05) is 0 Å². The van der Waals surface area contributed by atoms with Gasteiger partial charge in [0.05, 0.1) is 0 Å². The molecule has 0 aliphatic carbocycles. The first kappa shape index (κ1) is 11.2. The third kappa shape index (κ3) is 2.80. The van der Waals surface area contributed by atoms with Crippen molar-refractivity contribution in [3.8, 4) is 0 Å². The lowest BCUT2D eigenvalue weighted by atomic mass is 10.2. The number of hydrogen-bond donors (Lipinski definition) is 0. The smallest absolute Gasteiger partial charge is 0.362 e. The van der Waals surface area contributed by atoms with Gasteiger partial charge in [0.1, 0.15) is 5.60 Å². The van der Waals surface area contributed by atoms with Gasteiger partial charge in [-0.05, 0) is 36.7 Å². The van der Waals surface area contributed by atoms with Gasteiger partial charge in [-0.15, -0.1) is 10.2 Å². The van der Waals surface area contributed by atoms with E-state index in [-0.39, 0.29) is 5.69 Å². The number of nitrogens with zero attached hydrogens (tertiary/aromatic N) is 3. The number of halogens is 1. The highest BCUT2D eigenvalue weighted by molar-refractivity contribution is 9.10. The average Bonchev–Trinajstić information content (AvgIpc) is 2.26. The molecule has 0 radical (unpaired) electrons. The Kier molecular flexibility index (Phi) is 2.94. The molecule has 0 atom stereocenters. The van der Waals surface area contributed by atoms with Crippen molar-refractivity contribution in [1.82, 2.24) is 15.0 Å². The quantitative estimate of drug-likeness (QED) is 0.720. The van der Waals surface area contributed by atoms with Gasteiger partial charge >= 0.3 is 5.97 Å². The maximum Gasteiger partial charge on any atom is 0.362 e. The summed E-state index contributed by atoms with van der Waals surface area (Å²) in [6, 6.07) is 0. The number of rotatable bonds is 1. The van der Waals surface area contributed by atoms with Crippen molar-refractivity contribution < 1.29 is 9.53 Å². The number of aryl methyl sites for hydroxylation is 1. The van der Waals surface area contributed by atoms with Gasteiger partial charge in [0.2, 0.25) is 5.69 Å². The number of esters is 1. The highest BCUT2D eigenvalue weighted by Crippen LogP contribution is 2.15. The molecule has 6 heteroatoms. The van der Waals surface area contributed by atoms with E-state index in [1.165, 1.54) is 4.80 Å². The first-order valence-corrected chi connectivity index (χ1v) is 4.89. The van der Waals surface area contributed by atoms with Gasteiger partial charge in [-0.25, -0.2) is 4.79 Å². The lowest BCUT2D eigenvalue weighted by Crippen LogP contribution is -2.24. The zero-order valence-electron chi connectivity index (χ0n) is 8.54. The van der Waals surface area contributed by atoms with Crippen LogP contribution in [0.15, 0.2) is 4.60 Å². The summed E-state index contributed by atoms with van der Waals surface area (Å²) < 4.78 is 5.53. The fourth-order valence-corrected chi connectivity index (χ4v) is 1.30. The molecule has 1 aromatic heterocycles. The molecule has 0 spiro atoms. The van der Waals surface area contributed by atoms with Crippen LogP contribution in [-0.2, 0) is 11.8 Å². The van der Waals surface area contributed by atoms with Crippen molar-refractivity contribution in [3.05, 3.63) is 10.3 Å².